The van der Waals surface area contributed by atoms with Crippen molar-refractivity contribution >= 4 is 15.9 Å². The molecule has 1 rings (SSSR count). The van der Waals surface area contributed by atoms with Gasteiger partial charge in [-0.25, -0.2) is 4.39 Å². The Bertz CT molecular complexity index is 334. The van der Waals surface area contributed by atoms with Crippen LogP contribution in [0.25, 0.3) is 0 Å². The van der Waals surface area contributed by atoms with Crippen LogP contribution in [0.3, 0.4) is 0 Å². The van der Waals surface area contributed by atoms with E-state index in [9.17, 15) is 9.50 Å². The molecule has 1 aromatic rings. The van der Waals surface area contributed by atoms with Gasteiger partial charge in [0, 0.05) is 6.42 Å². The molecule has 1 nitrogen and oxygen atoms in total. The van der Waals surface area contributed by atoms with Crippen LogP contribution in [-0.4, -0.2) is 10.7 Å². The zero-order chi connectivity index (χ0) is 11.5. The number of halogens is 2. The maximum Gasteiger partial charge on any atom is 0.137 e. The van der Waals surface area contributed by atoms with Crippen molar-refractivity contribution in [3.05, 3.63) is 34.1 Å². The van der Waals surface area contributed by atoms with Gasteiger partial charge in [0.1, 0.15) is 5.82 Å². The van der Waals surface area contributed by atoms with Gasteiger partial charge in [-0.05, 0) is 40.4 Å². The third-order valence-corrected chi connectivity index (χ3v) is 3.76. The Balaban J connectivity index is 2.94. The van der Waals surface area contributed by atoms with Crippen LogP contribution in [0.2, 0.25) is 0 Å². The van der Waals surface area contributed by atoms with Crippen LogP contribution in [-0.2, 0) is 6.42 Å². The summed E-state index contributed by atoms with van der Waals surface area (Å²) in [5.74, 6) is -0.276. The fraction of sp³-hybridized carbons (Fsp3) is 0.500. The third kappa shape index (κ3) is 3.02. The Hall–Kier alpha value is -0.410. The molecule has 0 fully saturated rings. The lowest BCUT2D eigenvalue weighted by Gasteiger charge is -2.25. The molecule has 0 radical (unpaired) electrons. The molecule has 0 spiro atoms. The van der Waals surface area contributed by atoms with Gasteiger partial charge in [0.15, 0.2) is 0 Å². The smallest absolute Gasteiger partial charge is 0.137 e. The van der Waals surface area contributed by atoms with E-state index in [1.165, 1.54) is 6.07 Å². The van der Waals surface area contributed by atoms with E-state index in [1.54, 1.807) is 6.07 Å². The highest BCUT2D eigenvalue weighted by molar-refractivity contribution is 9.10. The average molecular weight is 275 g/mol. The molecule has 0 aromatic heterocycles. The van der Waals surface area contributed by atoms with Crippen LogP contribution in [0, 0.1) is 5.82 Å². The summed E-state index contributed by atoms with van der Waals surface area (Å²) in [6.45, 7) is 3.88. The van der Waals surface area contributed by atoms with Crippen LogP contribution in [0.15, 0.2) is 22.7 Å². The first kappa shape index (κ1) is 12.7. The minimum atomic E-state index is -0.726. The molecular formula is C12H16BrFO. The predicted octanol–water partition coefficient (Wildman–Crippen LogP) is 3.68. The fourth-order valence-electron chi connectivity index (χ4n) is 1.54. The summed E-state index contributed by atoms with van der Waals surface area (Å²) >= 11 is 3.21. The van der Waals surface area contributed by atoms with Crippen LogP contribution in [0.1, 0.15) is 32.3 Å². The second-order valence-electron chi connectivity index (χ2n) is 3.82. The summed E-state index contributed by atoms with van der Waals surface area (Å²) < 4.78 is 13.7. The highest BCUT2D eigenvalue weighted by atomic mass is 79.9. The molecule has 1 N–H and O–H groups in total. The zero-order valence-electron chi connectivity index (χ0n) is 9.06. The first-order valence-electron chi connectivity index (χ1n) is 5.17. The summed E-state index contributed by atoms with van der Waals surface area (Å²) in [5.41, 5.74) is 0.0947. The van der Waals surface area contributed by atoms with E-state index in [1.807, 2.05) is 19.9 Å². The van der Waals surface area contributed by atoms with E-state index in [4.69, 9.17) is 0 Å². The lowest BCUT2D eigenvalue weighted by atomic mass is 9.89. The van der Waals surface area contributed by atoms with Gasteiger partial charge in [-0.3, -0.25) is 0 Å². The summed E-state index contributed by atoms with van der Waals surface area (Å²) in [6, 6.07) is 4.91. The monoisotopic (exact) mass is 274 g/mol. The average Bonchev–Trinajstić information content (AvgIpc) is 2.25. The van der Waals surface area contributed by atoms with Crippen molar-refractivity contribution in [2.24, 2.45) is 0 Å². The zero-order valence-corrected chi connectivity index (χ0v) is 10.6. The Kier molecular flexibility index (Phi) is 4.29. The van der Waals surface area contributed by atoms with E-state index < -0.39 is 5.60 Å². The van der Waals surface area contributed by atoms with Gasteiger partial charge < -0.3 is 5.11 Å². The lowest BCUT2D eigenvalue weighted by molar-refractivity contribution is 0.0324. The molecule has 0 aliphatic rings. The summed E-state index contributed by atoms with van der Waals surface area (Å²) in [7, 11) is 0. The standard InChI is InChI=1S/C12H16BrFO/c1-3-12(15,4-2)8-9-6-5-7-10(14)11(9)13/h5-7,15H,3-4,8H2,1-2H3. The number of rotatable bonds is 4. The van der Waals surface area contributed by atoms with Crippen molar-refractivity contribution in [3.8, 4) is 0 Å². The Morgan fingerprint density at radius 2 is 1.93 bits per heavy atom. The van der Waals surface area contributed by atoms with Gasteiger partial charge in [0.2, 0.25) is 0 Å². The van der Waals surface area contributed by atoms with Crippen molar-refractivity contribution in [1.82, 2.24) is 0 Å². The second kappa shape index (κ2) is 5.08. The molecule has 84 valence electrons. The van der Waals surface area contributed by atoms with E-state index in [2.05, 4.69) is 15.9 Å². The topological polar surface area (TPSA) is 20.2 Å². The summed E-state index contributed by atoms with van der Waals surface area (Å²) in [6.07, 6.45) is 1.83. The highest BCUT2D eigenvalue weighted by Crippen LogP contribution is 2.27. The van der Waals surface area contributed by atoms with Crippen LogP contribution in [0.4, 0.5) is 4.39 Å². The molecule has 0 saturated carbocycles. The van der Waals surface area contributed by atoms with Crippen LogP contribution in [0.5, 0.6) is 0 Å². The van der Waals surface area contributed by atoms with Gasteiger partial charge in [-0.2, -0.15) is 0 Å². The third-order valence-electron chi connectivity index (χ3n) is 2.87. The number of hydrogen-bond donors (Lipinski definition) is 1. The van der Waals surface area contributed by atoms with Gasteiger partial charge in [-0.1, -0.05) is 26.0 Å². The SMILES string of the molecule is CCC(O)(CC)Cc1cccc(F)c1Br. The molecule has 0 bridgehead atoms. The Morgan fingerprint density at radius 3 is 2.47 bits per heavy atom. The maximum atomic E-state index is 13.2. The van der Waals surface area contributed by atoms with Gasteiger partial charge in [0.25, 0.3) is 0 Å². The van der Waals surface area contributed by atoms with E-state index >= 15 is 0 Å². The quantitative estimate of drug-likeness (QED) is 0.888. The van der Waals surface area contributed by atoms with Crippen LogP contribution < -0.4 is 0 Å². The predicted molar refractivity (Wildman–Crippen MR) is 63.3 cm³/mol. The fourth-order valence-corrected chi connectivity index (χ4v) is 1.94. The lowest BCUT2D eigenvalue weighted by Crippen LogP contribution is -2.29. The second-order valence-corrected chi connectivity index (χ2v) is 4.61. The largest absolute Gasteiger partial charge is 0.390 e. The minimum absolute atomic E-state index is 0.276. The molecule has 0 amide bonds. The molecule has 0 saturated heterocycles. The van der Waals surface area contributed by atoms with Crippen molar-refractivity contribution < 1.29 is 9.50 Å². The number of hydrogen-bond acceptors (Lipinski definition) is 1. The van der Waals surface area contributed by atoms with Gasteiger partial charge >= 0.3 is 0 Å². The Morgan fingerprint density at radius 1 is 1.33 bits per heavy atom. The van der Waals surface area contributed by atoms with Gasteiger partial charge in [0.05, 0.1) is 10.1 Å². The number of aliphatic hydroxyl groups is 1. The van der Waals surface area contributed by atoms with E-state index in [0.29, 0.717) is 23.7 Å². The molecule has 0 atom stereocenters. The van der Waals surface area contributed by atoms with Crippen LogP contribution >= 0.6 is 15.9 Å². The normalized spacial score (nSPS) is 11.8. The van der Waals surface area contributed by atoms with Crippen molar-refractivity contribution in [1.29, 1.82) is 0 Å². The molecule has 0 heterocycles. The highest BCUT2D eigenvalue weighted by Gasteiger charge is 2.24. The molecular weight excluding hydrogens is 259 g/mol. The minimum Gasteiger partial charge on any atom is -0.390 e. The first-order valence-corrected chi connectivity index (χ1v) is 5.97. The first-order chi connectivity index (χ1) is 7.02. The Labute approximate surface area is 98.4 Å². The van der Waals surface area contributed by atoms with E-state index in [-0.39, 0.29) is 5.82 Å². The van der Waals surface area contributed by atoms with Gasteiger partial charge in [-0.15, -0.1) is 0 Å². The maximum absolute atomic E-state index is 13.2. The van der Waals surface area contributed by atoms with Crippen molar-refractivity contribution in [2.75, 3.05) is 0 Å². The molecule has 3 heteroatoms. The van der Waals surface area contributed by atoms with Crippen molar-refractivity contribution in [3.63, 3.8) is 0 Å². The van der Waals surface area contributed by atoms with E-state index in [0.717, 1.165) is 5.56 Å². The molecule has 15 heavy (non-hydrogen) atoms. The number of benzene rings is 1. The molecule has 1 aromatic carbocycles. The summed E-state index contributed by atoms with van der Waals surface area (Å²) in [5, 5.41) is 10.2. The van der Waals surface area contributed by atoms with Crippen molar-refractivity contribution in [2.45, 2.75) is 38.7 Å². The molecule has 0 aliphatic carbocycles. The molecule has 0 unspecified atom stereocenters. The summed E-state index contributed by atoms with van der Waals surface area (Å²) in [4.78, 5) is 0. The molecule has 0 aliphatic heterocycles.